The molecule has 0 heterocycles. The molecule has 0 N–H and O–H groups in total. The van der Waals surface area contributed by atoms with Gasteiger partial charge >= 0.3 is 6.09 Å². The van der Waals surface area contributed by atoms with Gasteiger partial charge < -0.3 is 9.29 Å². The Kier molecular flexibility index (Phi) is 10.2. The average Bonchev–Trinajstić information content (AvgIpc) is 2.77. The van der Waals surface area contributed by atoms with Gasteiger partial charge in [0, 0.05) is 34.3 Å². The van der Waals surface area contributed by atoms with E-state index in [0.29, 0.717) is 5.75 Å². The molecule has 1 aliphatic carbocycles. The summed E-state index contributed by atoms with van der Waals surface area (Å²) in [4.78, 5) is 16.4. The summed E-state index contributed by atoms with van der Waals surface area (Å²) in [6, 6.07) is 14.3. The molecule has 0 saturated heterocycles. The fourth-order valence-electron chi connectivity index (χ4n) is 3.85. The van der Waals surface area contributed by atoms with Crippen molar-refractivity contribution >= 4 is 33.1 Å². The summed E-state index contributed by atoms with van der Waals surface area (Å²) in [5, 5.41) is 0. The van der Waals surface area contributed by atoms with Crippen molar-refractivity contribution in [1.29, 1.82) is 0 Å². The predicted octanol–water partition coefficient (Wildman–Crippen LogP) is 4.97. The van der Waals surface area contributed by atoms with Gasteiger partial charge in [0.1, 0.15) is 18.3 Å². The molecule has 0 spiro atoms. The number of anilines is 1. The Morgan fingerprint density at radius 2 is 1.61 bits per heavy atom. The third-order valence-electron chi connectivity index (χ3n) is 5.48. The quantitative estimate of drug-likeness (QED) is 0.330. The Bertz CT molecular complexity index is 1020. The molecule has 3 rings (SSSR count). The van der Waals surface area contributed by atoms with Crippen LogP contribution in [-0.4, -0.2) is 44.7 Å². The van der Waals surface area contributed by atoms with E-state index in [-0.39, 0.29) is 23.0 Å². The van der Waals surface area contributed by atoms with Gasteiger partial charge in [0.05, 0.1) is 7.11 Å². The SMILES string of the molecule is COS(=O)(=O)[O-].Cc1cc([S+](C)C)c(C)cc1OC(=O)N(c1ccccc1)C1CCCCC1. The maximum Gasteiger partial charge on any atom is 0.420 e. The number of hydrogen-bond donors (Lipinski definition) is 0. The summed E-state index contributed by atoms with van der Waals surface area (Å²) in [6.45, 7) is 4.11. The first-order valence-electron chi connectivity index (χ1n) is 10.8. The lowest BCUT2D eigenvalue weighted by molar-refractivity contribution is 0.202. The van der Waals surface area contributed by atoms with E-state index in [0.717, 1.165) is 31.2 Å². The maximum absolute atomic E-state index is 13.2. The van der Waals surface area contributed by atoms with Gasteiger partial charge in [-0.05, 0) is 50.5 Å². The zero-order valence-corrected chi connectivity index (χ0v) is 21.5. The molecule has 2 aromatic rings. The van der Waals surface area contributed by atoms with Crippen molar-refractivity contribution in [3.05, 3.63) is 53.6 Å². The molecule has 1 amide bonds. The van der Waals surface area contributed by atoms with E-state index in [1.165, 1.54) is 29.7 Å². The van der Waals surface area contributed by atoms with Crippen molar-refractivity contribution in [2.45, 2.75) is 56.9 Å². The van der Waals surface area contributed by atoms with Crippen LogP contribution in [0.15, 0.2) is 47.4 Å². The van der Waals surface area contributed by atoms with Gasteiger partial charge in [-0.1, -0.05) is 37.5 Å². The van der Waals surface area contributed by atoms with Crippen LogP contribution in [0.4, 0.5) is 10.5 Å². The third-order valence-corrected chi connectivity index (χ3v) is 7.21. The van der Waals surface area contributed by atoms with Crippen LogP contribution in [0.5, 0.6) is 5.75 Å². The highest BCUT2D eigenvalue weighted by molar-refractivity contribution is 7.95. The second-order valence-electron chi connectivity index (χ2n) is 8.14. The Morgan fingerprint density at radius 3 is 2.12 bits per heavy atom. The van der Waals surface area contributed by atoms with E-state index in [1.54, 1.807) is 0 Å². The first-order chi connectivity index (χ1) is 15.5. The number of aryl methyl sites for hydroxylation is 2. The number of carbonyl (C=O) groups excluding carboxylic acids is 1. The Hall–Kier alpha value is -2.07. The number of hydrogen-bond acceptors (Lipinski definition) is 6. The van der Waals surface area contributed by atoms with Crippen molar-refractivity contribution in [3.63, 3.8) is 0 Å². The predicted molar refractivity (Wildman–Crippen MR) is 132 cm³/mol. The minimum atomic E-state index is -4.41. The summed E-state index contributed by atoms with van der Waals surface area (Å²) in [6.07, 6.45) is 9.83. The minimum absolute atomic E-state index is 0.185. The highest BCUT2D eigenvalue weighted by Crippen LogP contribution is 2.30. The van der Waals surface area contributed by atoms with Crippen molar-refractivity contribution in [3.8, 4) is 5.75 Å². The fraction of sp³-hybridized carbons (Fsp3) is 0.458. The molecule has 9 heteroatoms. The van der Waals surface area contributed by atoms with Gasteiger partial charge in [-0.3, -0.25) is 9.08 Å². The van der Waals surface area contributed by atoms with Gasteiger partial charge in [-0.2, -0.15) is 0 Å². The van der Waals surface area contributed by atoms with Gasteiger partial charge in [0.2, 0.25) is 10.4 Å². The van der Waals surface area contributed by atoms with Crippen molar-refractivity contribution in [2.75, 3.05) is 24.5 Å². The number of amides is 1. The van der Waals surface area contributed by atoms with E-state index >= 15 is 0 Å². The molecule has 0 radical (unpaired) electrons. The summed E-state index contributed by atoms with van der Waals surface area (Å²) in [7, 11) is -3.42. The summed E-state index contributed by atoms with van der Waals surface area (Å²) < 4.78 is 36.9. The van der Waals surface area contributed by atoms with Gasteiger partial charge in [0.15, 0.2) is 4.90 Å². The molecular formula is C24H33NO6S2. The average molecular weight is 496 g/mol. The smallest absolute Gasteiger partial charge is 0.420 e. The molecular weight excluding hydrogens is 462 g/mol. The third kappa shape index (κ3) is 8.33. The second kappa shape index (κ2) is 12.4. The van der Waals surface area contributed by atoms with Crippen LogP contribution in [-0.2, 0) is 25.5 Å². The number of para-hydroxylation sites is 1. The lowest BCUT2D eigenvalue weighted by Crippen LogP contribution is -2.43. The van der Waals surface area contributed by atoms with Crippen LogP contribution in [0, 0.1) is 13.8 Å². The molecule has 7 nitrogen and oxygen atoms in total. The number of nitrogens with zero attached hydrogens (tertiary/aromatic N) is 1. The van der Waals surface area contributed by atoms with Crippen molar-refractivity contribution < 1.29 is 26.7 Å². The number of carbonyl (C=O) groups is 1. The Morgan fingerprint density at radius 1 is 1.03 bits per heavy atom. The largest absolute Gasteiger partial charge is 0.726 e. The molecule has 33 heavy (non-hydrogen) atoms. The zero-order valence-electron chi connectivity index (χ0n) is 19.9. The first kappa shape index (κ1) is 27.2. The van der Waals surface area contributed by atoms with E-state index in [9.17, 15) is 17.8 Å². The lowest BCUT2D eigenvalue weighted by atomic mass is 9.94. The van der Waals surface area contributed by atoms with E-state index in [2.05, 4.69) is 29.7 Å². The zero-order chi connectivity index (χ0) is 24.6. The minimum Gasteiger partial charge on any atom is -0.726 e. The Balaban J connectivity index is 0.000000569. The van der Waals surface area contributed by atoms with Gasteiger partial charge in [-0.25, -0.2) is 13.2 Å². The number of benzene rings is 2. The topological polar surface area (TPSA) is 96.0 Å². The number of ether oxygens (including phenoxy) is 1. The number of rotatable bonds is 5. The fourth-order valence-corrected chi connectivity index (χ4v) is 4.96. The van der Waals surface area contributed by atoms with Crippen LogP contribution >= 0.6 is 0 Å². The van der Waals surface area contributed by atoms with E-state index < -0.39 is 10.4 Å². The molecule has 1 fully saturated rings. The van der Waals surface area contributed by atoms with E-state index in [4.69, 9.17) is 4.74 Å². The maximum atomic E-state index is 13.2. The summed E-state index contributed by atoms with van der Waals surface area (Å²) in [5.74, 6) is 0.670. The molecule has 182 valence electrons. The van der Waals surface area contributed by atoms with Crippen molar-refractivity contribution in [1.82, 2.24) is 0 Å². The van der Waals surface area contributed by atoms with Crippen LogP contribution in [0.25, 0.3) is 0 Å². The molecule has 0 aromatic heterocycles. The lowest BCUT2D eigenvalue weighted by Gasteiger charge is -2.33. The second-order valence-corrected chi connectivity index (χ2v) is 11.4. The standard InChI is InChI=1S/C23H30NO2S.CH4O4S/c1-17-16-22(27(3)4)18(2)15-21(17)26-23(25)24(19-11-7-5-8-12-19)20-13-9-6-10-14-20;1-5-6(2,3)4/h5,7-8,11-12,15-16,20H,6,9-10,13-14H2,1-4H3;1H3,(H,2,3,4)/q+1;/p-1. The van der Waals surface area contributed by atoms with Crippen LogP contribution < -0.4 is 9.64 Å². The molecule has 0 unspecified atom stereocenters. The van der Waals surface area contributed by atoms with Crippen LogP contribution in [0.1, 0.15) is 43.2 Å². The molecule has 1 saturated carbocycles. The highest BCUT2D eigenvalue weighted by Gasteiger charge is 2.29. The highest BCUT2D eigenvalue weighted by atomic mass is 32.3. The van der Waals surface area contributed by atoms with Crippen LogP contribution in [0.2, 0.25) is 0 Å². The monoisotopic (exact) mass is 495 g/mol. The molecule has 0 atom stereocenters. The summed E-state index contributed by atoms with van der Waals surface area (Å²) >= 11 is 0. The summed E-state index contributed by atoms with van der Waals surface area (Å²) in [5.41, 5.74) is 3.12. The van der Waals surface area contributed by atoms with Crippen molar-refractivity contribution in [2.24, 2.45) is 0 Å². The molecule has 2 aromatic carbocycles. The van der Waals surface area contributed by atoms with Gasteiger partial charge in [0.25, 0.3) is 0 Å². The molecule has 0 bridgehead atoms. The Labute approximate surface area is 200 Å². The first-order valence-corrected chi connectivity index (χ1v) is 14.2. The van der Waals surface area contributed by atoms with E-state index in [1.807, 2.05) is 48.2 Å². The normalized spacial score (nSPS) is 14.4. The van der Waals surface area contributed by atoms with Gasteiger partial charge in [-0.15, -0.1) is 0 Å². The molecule has 1 aliphatic rings. The molecule has 0 aliphatic heterocycles. The van der Waals surface area contributed by atoms with Crippen LogP contribution in [0.3, 0.4) is 0 Å².